The van der Waals surface area contributed by atoms with Crippen molar-refractivity contribution in [2.45, 2.75) is 19.4 Å². The third kappa shape index (κ3) is 2.92. The molecule has 3 aromatic rings. The average Bonchev–Trinajstić information content (AvgIpc) is 3.31. The number of hydrogen-bond donors (Lipinski definition) is 0. The molecule has 1 aliphatic heterocycles. The first kappa shape index (κ1) is 16.3. The Morgan fingerprint density at radius 2 is 2.00 bits per heavy atom. The molecule has 0 radical (unpaired) electrons. The standard InChI is InChI=1S/C21H17FN2O2/c1-14-6-4-7-15(12-14)19-13-18(20-10-5-11-26-20)23-24(19)21(25)16-8-2-3-9-17(16)22/h2-12,19H,13H2,1H3. The Balaban J connectivity index is 1.76. The number of furan rings is 1. The molecule has 4 rings (SSSR count). The van der Waals surface area contributed by atoms with E-state index in [0.717, 1.165) is 11.1 Å². The smallest absolute Gasteiger partial charge is 0.277 e. The Morgan fingerprint density at radius 3 is 2.73 bits per heavy atom. The van der Waals surface area contributed by atoms with E-state index in [9.17, 15) is 9.18 Å². The quantitative estimate of drug-likeness (QED) is 0.687. The first-order valence-corrected chi connectivity index (χ1v) is 8.39. The van der Waals surface area contributed by atoms with Gasteiger partial charge in [-0.1, -0.05) is 42.0 Å². The minimum atomic E-state index is -0.554. The van der Waals surface area contributed by atoms with Gasteiger partial charge in [0.05, 0.1) is 17.9 Å². The summed E-state index contributed by atoms with van der Waals surface area (Å²) in [5, 5.41) is 5.84. The number of hydrazone groups is 1. The van der Waals surface area contributed by atoms with E-state index in [2.05, 4.69) is 5.10 Å². The van der Waals surface area contributed by atoms with E-state index in [1.165, 1.54) is 17.1 Å². The van der Waals surface area contributed by atoms with Gasteiger partial charge in [0.15, 0.2) is 0 Å². The van der Waals surface area contributed by atoms with Crippen LogP contribution in [0.1, 0.15) is 39.7 Å². The number of hydrogen-bond acceptors (Lipinski definition) is 3. The lowest BCUT2D eigenvalue weighted by Crippen LogP contribution is -2.27. The number of aryl methyl sites for hydroxylation is 1. The monoisotopic (exact) mass is 348 g/mol. The molecule has 4 nitrogen and oxygen atoms in total. The Labute approximate surface area is 150 Å². The van der Waals surface area contributed by atoms with Crippen LogP contribution in [-0.4, -0.2) is 16.6 Å². The fraction of sp³-hybridized carbons (Fsp3) is 0.143. The molecule has 0 N–H and O–H groups in total. The van der Waals surface area contributed by atoms with Gasteiger partial charge in [0.1, 0.15) is 17.3 Å². The Hall–Kier alpha value is -3.21. The number of amides is 1. The molecule has 26 heavy (non-hydrogen) atoms. The Bertz CT molecular complexity index is 979. The van der Waals surface area contributed by atoms with Crippen molar-refractivity contribution in [3.05, 3.63) is 95.2 Å². The van der Waals surface area contributed by atoms with Gasteiger partial charge in [0, 0.05) is 6.42 Å². The lowest BCUT2D eigenvalue weighted by molar-refractivity contribution is 0.0706. The van der Waals surface area contributed by atoms with Crippen LogP contribution < -0.4 is 0 Å². The summed E-state index contributed by atoms with van der Waals surface area (Å²) in [6.45, 7) is 2.00. The van der Waals surface area contributed by atoms with Crippen LogP contribution in [0.4, 0.5) is 4.39 Å². The number of carbonyl (C=O) groups is 1. The molecule has 0 aliphatic carbocycles. The summed E-state index contributed by atoms with van der Waals surface area (Å²) in [5.74, 6) is -0.398. The molecule has 2 heterocycles. The van der Waals surface area contributed by atoms with Gasteiger partial charge in [-0.15, -0.1) is 0 Å². The molecular formula is C21H17FN2O2. The van der Waals surface area contributed by atoms with Gasteiger partial charge >= 0.3 is 0 Å². The summed E-state index contributed by atoms with van der Waals surface area (Å²) in [5.41, 5.74) is 2.73. The third-order valence-corrected chi connectivity index (χ3v) is 4.46. The van der Waals surface area contributed by atoms with Crippen molar-refractivity contribution in [1.82, 2.24) is 5.01 Å². The van der Waals surface area contributed by atoms with Gasteiger partial charge in [-0.25, -0.2) is 9.40 Å². The van der Waals surface area contributed by atoms with Crippen molar-refractivity contribution < 1.29 is 13.6 Å². The lowest BCUT2D eigenvalue weighted by Gasteiger charge is -2.22. The van der Waals surface area contributed by atoms with Crippen molar-refractivity contribution in [1.29, 1.82) is 0 Å². The van der Waals surface area contributed by atoms with E-state index in [1.807, 2.05) is 37.3 Å². The lowest BCUT2D eigenvalue weighted by atomic mass is 9.99. The molecule has 1 unspecified atom stereocenters. The van der Waals surface area contributed by atoms with Crippen LogP contribution in [-0.2, 0) is 0 Å². The SMILES string of the molecule is Cc1cccc(C2CC(c3ccco3)=NN2C(=O)c2ccccc2F)c1. The van der Waals surface area contributed by atoms with Gasteiger partial charge in [-0.05, 0) is 36.8 Å². The highest BCUT2D eigenvalue weighted by molar-refractivity contribution is 6.03. The molecule has 1 atom stereocenters. The predicted molar refractivity (Wildman–Crippen MR) is 96.4 cm³/mol. The number of halogens is 1. The second kappa shape index (κ2) is 6.59. The summed E-state index contributed by atoms with van der Waals surface area (Å²) >= 11 is 0. The van der Waals surface area contributed by atoms with Crippen molar-refractivity contribution >= 4 is 11.6 Å². The maximum absolute atomic E-state index is 14.1. The van der Waals surface area contributed by atoms with Crippen LogP contribution in [0.25, 0.3) is 0 Å². The minimum absolute atomic E-state index is 0.00889. The second-order valence-electron chi connectivity index (χ2n) is 6.29. The number of benzene rings is 2. The second-order valence-corrected chi connectivity index (χ2v) is 6.29. The fourth-order valence-electron chi connectivity index (χ4n) is 3.18. The molecule has 5 heteroatoms. The van der Waals surface area contributed by atoms with Crippen molar-refractivity contribution in [2.75, 3.05) is 0 Å². The highest BCUT2D eigenvalue weighted by Crippen LogP contribution is 2.34. The maximum atomic E-state index is 14.1. The molecule has 2 aromatic carbocycles. The van der Waals surface area contributed by atoms with Crippen molar-refractivity contribution in [3.8, 4) is 0 Å². The molecule has 0 saturated carbocycles. The van der Waals surface area contributed by atoms with E-state index in [0.29, 0.717) is 17.9 Å². The number of nitrogens with zero attached hydrogens (tertiary/aromatic N) is 2. The van der Waals surface area contributed by atoms with E-state index in [-0.39, 0.29) is 11.6 Å². The van der Waals surface area contributed by atoms with E-state index in [4.69, 9.17) is 4.42 Å². The zero-order valence-electron chi connectivity index (χ0n) is 14.2. The summed E-state index contributed by atoms with van der Waals surface area (Å²) in [4.78, 5) is 13.0. The van der Waals surface area contributed by atoms with Crippen LogP contribution in [0, 0.1) is 12.7 Å². The third-order valence-electron chi connectivity index (χ3n) is 4.46. The number of rotatable bonds is 3. The van der Waals surface area contributed by atoms with Gasteiger partial charge in [-0.3, -0.25) is 4.79 Å². The topological polar surface area (TPSA) is 45.8 Å². The summed E-state index contributed by atoms with van der Waals surface area (Å²) in [6, 6.07) is 17.2. The van der Waals surface area contributed by atoms with Gasteiger partial charge in [-0.2, -0.15) is 5.10 Å². The van der Waals surface area contributed by atoms with Gasteiger partial charge in [0.25, 0.3) is 5.91 Å². The Kier molecular flexibility index (Phi) is 4.13. The molecule has 1 aliphatic rings. The molecule has 1 aromatic heterocycles. The van der Waals surface area contributed by atoms with E-state index in [1.54, 1.807) is 24.5 Å². The highest BCUT2D eigenvalue weighted by Gasteiger charge is 2.35. The molecule has 1 amide bonds. The predicted octanol–water partition coefficient (Wildman–Crippen LogP) is 4.72. The molecular weight excluding hydrogens is 331 g/mol. The minimum Gasteiger partial charge on any atom is -0.463 e. The average molecular weight is 348 g/mol. The van der Waals surface area contributed by atoms with Crippen molar-refractivity contribution in [2.24, 2.45) is 5.10 Å². The molecule has 0 bridgehead atoms. The first-order valence-electron chi connectivity index (χ1n) is 8.39. The summed E-state index contributed by atoms with van der Waals surface area (Å²) in [6.07, 6.45) is 2.08. The van der Waals surface area contributed by atoms with Crippen LogP contribution in [0.3, 0.4) is 0 Å². The van der Waals surface area contributed by atoms with Crippen LogP contribution in [0.2, 0.25) is 0 Å². The fourth-order valence-corrected chi connectivity index (χ4v) is 3.18. The zero-order valence-corrected chi connectivity index (χ0v) is 14.2. The van der Waals surface area contributed by atoms with Crippen LogP contribution >= 0.6 is 0 Å². The largest absolute Gasteiger partial charge is 0.463 e. The first-order chi connectivity index (χ1) is 12.6. The van der Waals surface area contributed by atoms with E-state index < -0.39 is 11.7 Å². The summed E-state index contributed by atoms with van der Waals surface area (Å²) in [7, 11) is 0. The normalized spacial score (nSPS) is 16.6. The zero-order chi connectivity index (χ0) is 18.1. The van der Waals surface area contributed by atoms with E-state index >= 15 is 0 Å². The van der Waals surface area contributed by atoms with Crippen LogP contribution in [0.15, 0.2) is 76.4 Å². The summed E-state index contributed by atoms with van der Waals surface area (Å²) < 4.78 is 19.6. The molecule has 0 fully saturated rings. The van der Waals surface area contributed by atoms with Gasteiger partial charge in [0.2, 0.25) is 0 Å². The molecule has 130 valence electrons. The Morgan fingerprint density at radius 1 is 1.15 bits per heavy atom. The molecule has 0 saturated heterocycles. The van der Waals surface area contributed by atoms with Gasteiger partial charge < -0.3 is 4.42 Å². The highest BCUT2D eigenvalue weighted by atomic mass is 19.1. The number of carbonyl (C=O) groups excluding carboxylic acids is 1. The molecule has 0 spiro atoms. The van der Waals surface area contributed by atoms with Crippen molar-refractivity contribution in [3.63, 3.8) is 0 Å². The van der Waals surface area contributed by atoms with Crippen LogP contribution in [0.5, 0.6) is 0 Å². The maximum Gasteiger partial charge on any atom is 0.277 e.